The Bertz CT molecular complexity index is 299. The van der Waals surface area contributed by atoms with Gasteiger partial charge in [-0.05, 0) is 32.1 Å². The maximum atomic E-state index is 4.56. The zero-order chi connectivity index (χ0) is 12.5. The number of rotatable bonds is 9. The smallest absolute Gasteiger partial charge is 0.0897 e. The molecule has 0 radical (unpaired) electrons. The van der Waals surface area contributed by atoms with Crippen LogP contribution in [0.3, 0.4) is 0 Å². The van der Waals surface area contributed by atoms with E-state index in [9.17, 15) is 0 Å². The number of hydrogen-bond acceptors (Lipinski definition) is 4. The molecule has 0 aliphatic heterocycles. The number of nitrogens with zero attached hydrogens (tertiary/aromatic N) is 1. The molecular weight excluding hydrogens is 248 g/mol. The van der Waals surface area contributed by atoms with Gasteiger partial charge in [-0.2, -0.15) is 11.8 Å². The zero-order valence-corrected chi connectivity index (χ0v) is 12.8. The van der Waals surface area contributed by atoms with Gasteiger partial charge in [0.1, 0.15) is 0 Å². The second kappa shape index (κ2) is 8.95. The van der Waals surface area contributed by atoms with Crippen LogP contribution in [0.5, 0.6) is 0 Å². The highest BCUT2D eigenvalue weighted by molar-refractivity contribution is 7.99. The second-order valence-electron chi connectivity index (χ2n) is 4.29. The SMILES string of the molecule is CCCNC(CSCCC)Cc1csc(C)n1. The van der Waals surface area contributed by atoms with Crippen LogP contribution < -0.4 is 5.32 Å². The van der Waals surface area contributed by atoms with Crippen LogP contribution >= 0.6 is 23.1 Å². The molecular formula is C13H24N2S2. The van der Waals surface area contributed by atoms with Gasteiger partial charge in [0.15, 0.2) is 0 Å². The lowest BCUT2D eigenvalue weighted by Crippen LogP contribution is -2.34. The lowest BCUT2D eigenvalue weighted by atomic mass is 10.2. The van der Waals surface area contributed by atoms with Crippen molar-refractivity contribution in [3.05, 3.63) is 16.1 Å². The largest absolute Gasteiger partial charge is 0.313 e. The zero-order valence-electron chi connectivity index (χ0n) is 11.2. The van der Waals surface area contributed by atoms with E-state index in [0.717, 1.165) is 13.0 Å². The van der Waals surface area contributed by atoms with E-state index in [1.807, 2.05) is 0 Å². The summed E-state index contributed by atoms with van der Waals surface area (Å²) in [6, 6.07) is 0.577. The van der Waals surface area contributed by atoms with Gasteiger partial charge in [-0.3, -0.25) is 0 Å². The van der Waals surface area contributed by atoms with Gasteiger partial charge in [0.25, 0.3) is 0 Å². The fourth-order valence-electron chi connectivity index (χ4n) is 1.66. The summed E-state index contributed by atoms with van der Waals surface area (Å²) in [6.07, 6.45) is 3.53. The Hall–Kier alpha value is -0.0600. The van der Waals surface area contributed by atoms with E-state index < -0.39 is 0 Å². The normalized spacial score (nSPS) is 12.9. The lowest BCUT2D eigenvalue weighted by molar-refractivity contribution is 0.546. The molecule has 1 atom stereocenters. The number of thioether (sulfide) groups is 1. The third-order valence-corrected chi connectivity index (χ3v) is 4.63. The minimum absolute atomic E-state index is 0.577. The van der Waals surface area contributed by atoms with E-state index in [-0.39, 0.29) is 0 Å². The van der Waals surface area contributed by atoms with E-state index >= 15 is 0 Å². The summed E-state index contributed by atoms with van der Waals surface area (Å²) in [5.74, 6) is 2.46. The molecule has 0 saturated carbocycles. The quantitative estimate of drug-likeness (QED) is 0.696. The molecule has 1 aromatic heterocycles. The molecule has 0 aromatic carbocycles. The van der Waals surface area contributed by atoms with Crippen LogP contribution in [0.2, 0.25) is 0 Å². The van der Waals surface area contributed by atoms with Crippen molar-refractivity contribution in [1.82, 2.24) is 10.3 Å². The average Bonchev–Trinajstić information content (AvgIpc) is 2.72. The first-order valence-electron chi connectivity index (χ1n) is 6.48. The van der Waals surface area contributed by atoms with Crippen molar-refractivity contribution in [2.45, 2.75) is 46.1 Å². The van der Waals surface area contributed by atoms with Crippen LogP contribution in [0.4, 0.5) is 0 Å². The molecule has 1 aromatic rings. The Labute approximate surface area is 114 Å². The maximum Gasteiger partial charge on any atom is 0.0897 e. The molecule has 1 N–H and O–H groups in total. The predicted molar refractivity (Wildman–Crippen MR) is 80.3 cm³/mol. The highest BCUT2D eigenvalue weighted by atomic mass is 32.2. The van der Waals surface area contributed by atoms with Crippen molar-refractivity contribution in [2.75, 3.05) is 18.1 Å². The first kappa shape index (κ1) is 15.0. The standard InChI is InChI=1S/C13H24N2S2/c1-4-6-14-12(9-16-7-5-2)8-13-10-17-11(3)15-13/h10,12,14H,4-9H2,1-3H3. The van der Waals surface area contributed by atoms with Gasteiger partial charge in [-0.25, -0.2) is 4.98 Å². The van der Waals surface area contributed by atoms with Crippen molar-refractivity contribution >= 4 is 23.1 Å². The van der Waals surface area contributed by atoms with Crippen LogP contribution in [0.1, 0.15) is 37.4 Å². The molecule has 1 rings (SSSR count). The molecule has 0 fully saturated rings. The van der Waals surface area contributed by atoms with E-state index in [1.54, 1.807) is 11.3 Å². The average molecular weight is 272 g/mol. The summed E-state index contributed by atoms with van der Waals surface area (Å²) in [5, 5.41) is 7.00. The maximum absolute atomic E-state index is 4.56. The minimum atomic E-state index is 0.577. The van der Waals surface area contributed by atoms with Gasteiger partial charge >= 0.3 is 0 Å². The fraction of sp³-hybridized carbons (Fsp3) is 0.769. The van der Waals surface area contributed by atoms with Crippen LogP contribution in [0.15, 0.2) is 5.38 Å². The summed E-state index contributed by atoms with van der Waals surface area (Å²) < 4.78 is 0. The molecule has 0 bridgehead atoms. The van der Waals surface area contributed by atoms with Crippen LogP contribution in [-0.4, -0.2) is 29.1 Å². The Morgan fingerprint density at radius 2 is 2.24 bits per heavy atom. The highest BCUT2D eigenvalue weighted by Crippen LogP contribution is 2.13. The Morgan fingerprint density at radius 1 is 1.41 bits per heavy atom. The molecule has 98 valence electrons. The molecule has 2 nitrogen and oxygen atoms in total. The molecule has 0 amide bonds. The van der Waals surface area contributed by atoms with Crippen molar-refractivity contribution in [3.8, 4) is 0 Å². The summed E-state index contributed by atoms with van der Waals surface area (Å²) in [4.78, 5) is 4.56. The lowest BCUT2D eigenvalue weighted by Gasteiger charge is -2.17. The molecule has 1 unspecified atom stereocenters. The minimum Gasteiger partial charge on any atom is -0.313 e. The Kier molecular flexibility index (Phi) is 7.90. The first-order chi connectivity index (χ1) is 8.26. The first-order valence-corrected chi connectivity index (χ1v) is 8.51. The topological polar surface area (TPSA) is 24.9 Å². The van der Waals surface area contributed by atoms with E-state index in [1.165, 1.54) is 35.0 Å². The van der Waals surface area contributed by atoms with Crippen molar-refractivity contribution < 1.29 is 0 Å². The molecule has 0 aliphatic rings. The van der Waals surface area contributed by atoms with Gasteiger partial charge in [0.2, 0.25) is 0 Å². The molecule has 1 heterocycles. The summed E-state index contributed by atoms with van der Waals surface area (Å²) >= 11 is 3.80. The van der Waals surface area contributed by atoms with Crippen molar-refractivity contribution in [3.63, 3.8) is 0 Å². The number of thiazole rings is 1. The van der Waals surface area contributed by atoms with Crippen molar-refractivity contribution in [2.24, 2.45) is 0 Å². The number of hydrogen-bond donors (Lipinski definition) is 1. The summed E-state index contributed by atoms with van der Waals surface area (Å²) in [5.41, 5.74) is 1.25. The third kappa shape index (κ3) is 6.43. The molecule has 0 saturated heterocycles. The molecule has 4 heteroatoms. The molecule has 0 aliphatic carbocycles. The van der Waals surface area contributed by atoms with E-state index in [0.29, 0.717) is 6.04 Å². The summed E-state index contributed by atoms with van der Waals surface area (Å²) in [6.45, 7) is 7.65. The highest BCUT2D eigenvalue weighted by Gasteiger charge is 2.10. The summed E-state index contributed by atoms with van der Waals surface area (Å²) in [7, 11) is 0. The Balaban J connectivity index is 2.38. The third-order valence-electron chi connectivity index (χ3n) is 2.47. The van der Waals surface area contributed by atoms with Gasteiger partial charge in [0, 0.05) is 23.6 Å². The fourth-order valence-corrected chi connectivity index (χ4v) is 3.26. The number of nitrogens with one attached hydrogen (secondary N) is 1. The molecule has 17 heavy (non-hydrogen) atoms. The molecule has 0 spiro atoms. The van der Waals surface area contributed by atoms with Gasteiger partial charge < -0.3 is 5.32 Å². The van der Waals surface area contributed by atoms with E-state index in [4.69, 9.17) is 0 Å². The second-order valence-corrected chi connectivity index (χ2v) is 6.50. The number of aromatic nitrogens is 1. The monoisotopic (exact) mass is 272 g/mol. The van der Waals surface area contributed by atoms with Crippen molar-refractivity contribution in [1.29, 1.82) is 0 Å². The van der Waals surface area contributed by atoms with E-state index in [2.05, 4.69) is 48.2 Å². The van der Waals surface area contributed by atoms with Gasteiger partial charge in [-0.1, -0.05) is 13.8 Å². The predicted octanol–water partition coefficient (Wildman–Crippen LogP) is 3.51. The van der Waals surface area contributed by atoms with Crippen LogP contribution in [0, 0.1) is 6.92 Å². The van der Waals surface area contributed by atoms with Gasteiger partial charge in [0.05, 0.1) is 10.7 Å². The van der Waals surface area contributed by atoms with Crippen LogP contribution in [0.25, 0.3) is 0 Å². The number of aryl methyl sites for hydroxylation is 1. The van der Waals surface area contributed by atoms with Crippen LogP contribution in [-0.2, 0) is 6.42 Å². The Morgan fingerprint density at radius 3 is 2.82 bits per heavy atom. The van der Waals surface area contributed by atoms with Gasteiger partial charge in [-0.15, -0.1) is 11.3 Å².